The van der Waals surface area contributed by atoms with Crippen molar-refractivity contribution in [2.45, 2.75) is 59.0 Å². The average molecular weight is 265 g/mol. The summed E-state index contributed by atoms with van der Waals surface area (Å²) in [6, 6.07) is 5.69. The molecule has 0 saturated heterocycles. The summed E-state index contributed by atoms with van der Waals surface area (Å²) in [5.41, 5.74) is 6.65. The van der Waals surface area contributed by atoms with E-state index in [4.69, 9.17) is 15.2 Å². The van der Waals surface area contributed by atoms with Crippen LogP contribution in [0.5, 0.6) is 11.5 Å². The zero-order chi connectivity index (χ0) is 14.1. The van der Waals surface area contributed by atoms with Crippen molar-refractivity contribution < 1.29 is 9.47 Å². The van der Waals surface area contributed by atoms with Gasteiger partial charge in [-0.25, -0.2) is 0 Å². The fraction of sp³-hybridized carbons (Fsp3) is 0.625. The van der Waals surface area contributed by atoms with Crippen LogP contribution in [0.2, 0.25) is 0 Å². The van der Waals surface area contributed by atoms with E-state index in [0.717, 1.165) is 18.8 Å². The van der Waals surface area contributed by atoms with Gasteiger partial charge in [-0.15, -0.1) is 0 Å². The predicted octanol–water partition coefficient (Wildman–Crippen LogP) is 4.41. The summed E-state index contributed by atoms with van der Waals surface area (Å²) >= 11 is 0. The minimum Gasteiger partial charge on any atom is -0.491 e. The molecule has 1 rings (SSSR count). The van der Waals surface area contributed by atoms with Crippen molar-refractivity contribution in [1.82, 2.24) is 0 Å². The van der Waals surface area contributed by atoms with Crippen LogP contribution in [0.25, 0.3) is 0 Å². The monoisotopic (exact) mass is 265 g/mol. The van der Waals surface area contributed by atoms with E-state index in [9.17, 15) is 0 Å². The standard InChI is InChI=1S/C16H27NO2/c1-4-5-6-7-8-12-18-14-10-9-11-15(16(14)17)19-13(2)3/h9-11,13H,4-8,12,17H2,1-3H3. The topological polar surface area (TPSA) is 44.5 Å². The van der Waals surface area contributed by atoms with Crippen molar-refractivity contribution in [2.75, 3.05) is 12.3 Å². The van der Waals surface area contributed by atoms with Gasteiger partial charge in [-0.3, -0.25) is 0 Å². The Kier molecular flexibility index (Phi) is 7.16. The van der Waals surface area contributed by atoms with Gasteiger partial charge in [0, 0.05) is 0 Å². The summed E-state index contributed by atoms with van der Waals surface area (Å²) in [5, 5.41) is 0. The Bertz CT molecular complexity index is 364. The van der Waals surface area contributed by atoms with E-state index < -0.39 is 0 Å². The summed E-state index contributed by atoms with van der Waals surface area (Å²) < 4.78 is 11.4. The Morgan fingerprint density at radius 2 is 1.74 bits per heavy atom. The highest BCUT2D eigenvalue weighted by Gasteiger charge is 2.08. The van der Waals surface area contributed by atoms with Crippen LogP contribution >= 0.6 is 0 Å². The molecular weight excluding hydrogens is 238 g/mol. The summed E-state index contributed by atoms with van der Waals surface area (Å²) in [6.07, 6.45) is 6.27. The van der Waals surface area contributed by atoms with Gasteiger partial charge in [0.15, 0.2) is 0 Å². The number of rotatable bonds is 9. The van der Waals surface area contributed by atoms with E-state index in [-0.39, 0.29) is 6.10 Å². The normalized spacial score (nSPS) is 10.7. The van der Waals surface area contributed by atoms with Gasteiger partial charge in [0.2, 0.25) is 0 Å². The van der Waals surface area contributed by atoms with Crippen molar-refractivity contribution in [2.24, 2.45) is 0 Å². The van der Waals surface area contributed by atoms with Gasteiger partial charge >= 0.3 is 0 Å². The number of nitrogen functional groups attached to an aromatic ring is 1. The summed E-state index contributed by atoms with van der Waals surface area (Å²) in [4.78, 5) is 0. The van der Waals surface area contributed by atoms with Crippen LogP contribution in [-0.2, 0) is 0 Å². The van der Waals surface area contributed by atoms with Crippen molar-refractivity contribution in [3.05, 3.63) is 18.2 Å². The SMILES string of the molecule is CCCCCCCOc1cccc(OC(C)C)c1N. The lowest BCUT2D eigenvalue weighted by molar-refractivity contribution is 0.241. The molecule has 2 N–H and O–H groups in total. The fourth-order valence-corrected chi connectivity index (χ4v) is 1.89. The Hall–Kier alpha value is -1.38. The van der Waals surface area contributed by atoms with Crippen molar-refractivity contribution in [3.8, 4) is 11.5 Å². The van der Waals surface area contributed by atoms with Gasteiger partial charge in [-0.05, 0) is 32.4 Å². The molecule has 0 amide bonds. The first-order valence-corrected chi connectivity index (χ1v) is 7.33. The van der Waals surface area contributed by atoms with E-state index in [1.807, 2.05) is 32.0 Å². The van der Waals surface area contributed by atoms with Gasteiger partial charge in [0.05, 0.1) is 12.7 Å². The molecule has 0 aliphatic carbocycles. The van der Waals surface area contributed by atoms with Crippen LogP contribution in [0, 0.1) is 0 Å². The highest BCUT2D eigenvalue weighted by atomic mass is 16.5. The first-order chi connectivity index (χ1) is 9.15. The summed E-state index contributed by atoms with van der Waals surface area (Å²) in [5.74, 6) is 1.44. The maximum absolute atomic E-state index is 6.04. The van der Waals surface area contributed by atoms with E-state index in [1.54, 1.807) is 0 Å². The van der Waals surface area contributed by atoms with Gasteiger partial charge in [-0.2, -0.15) is 0 Å². The molecule has 0 unspecified atom stereocenters. The molecule has 0 radical (unpaired) electrons. The Labute approximate surface area is 117 Å². The molecule has 1 aromatic rings. The quantitative estimate of drug-likeness (QED) is 0.531. The molecule has 0 heterocycles. The van der Waals surface area contributed by atoms with Crippen molar-refractivity contribution >= 4 is 5.69 Å². The second-order valence-corrected chi connectivity index (χ2v) is 5.10. The average Bonchev–Trinajstić information content (AvgIpc) is 2.37. The summed E-state index contributed by atoms with van der Waals surface area (Å²) in [6.45, 7) is 6.91. The van der Waals surface area contributed by atoms with Crippen LogP contribution in [0.15, 0.2) is 18.2 Å². The molecule has 0 aromatic heterocycles. The molecule has 3 nitrogen and oxygen atoms in total. The van der Waals surface area contributed by atoms with E-state index >= 15 is 0 Å². The third-order valence-corrected chi connectivity index (χ3v) is 2.89. The van der Waals surface area contributed by atoms with E-state index in [1.165, 1.54) is 25.7 Å². The largest absolute Gasteiger partial charge is 0.491 e. The molecular formula is C16H27NO2. The second kappa shape index (κ2) is 8.68. The highest BCUT2D eigenvalue weighted by Crippen LogP contribution is 2.32. The number of hydrogen-bond acceptors (Lipinski definition) is 3. The van der Waals surface area contributed by atoms with Crippen LogP contribution in [-0.4, -0.2) is 12.7 Å². The van der Waals surface area contributed by atoms with Gasteiger partial charge in [0.25, 0.3) is 0 Å². The molecule has 3 heteroatoms. The molecule has 1 aromatic carbocycles. The Morgan fingerprint density at radius 1 is 1.05 bits per heavy atom. The number of ether oxygens (including phenoxy) is 2. The summed E-state index contributed by atoms with van der Waals surface area (Å²) in [7, 11) is 0. The Morgan fingerprint density at radius 3 is 2.42 bits per heavy atom. The first kappa shape index (κ1) is 15.7. The molecule has 0 spiro atoms. The van der Waals surface area contributed by atoms with Crippen LogP contribution in [0.3, 0.4) is 0 Å². The maximum Gasteiger partial charge on any atom is 0.146 e. The molecule has 0 fully saturated rings. The number of nitrogens with two attached hydrogens (primary N) is 1. The van der Waals surface area contributed by atoms with E-state index in [2.05, 4.69) is 6.92 Å². The second-order valence-electron chi connectivity index (χ2n) is 5.10. The number of para-hydroxylation sites is 1. The van der Waals surface area contributed by atoms with E-state index in [0.29, 0.717) is 11.4 Å². The molecule has 0 atom stereocenters. The lowest BCUT2D eigenvalue weighted by Crippen LogP contribution is -2.08. The highest BCUT2D eigenvalue weighted by molar-refractivity contribution is 5.62. The molecule has 108 valence electrons. The van der Waals surface area contributed by atoms with Crippen LogP contribution < -0.4 is 15.2 Å². The molecule has 0 bridgehead atoms. The number of unbranched alkanes of at least 4 members (excludes halogenated alkanes) is 4. The predicted molar refractivity (Wildman–Crippen MR) is 80.9 cm³/mol. The molecule has 0 aliphatic rings. The number of benzene rings is 1. The third-order valence-electron chi connectivity index (χ3n) is 2.89. The van der Waals surface area contributed by atoms with Crippen molar-refractivity contribution in [3.63, 3.8) is 0 Å². The third kappa shape index (κ3) is 5.86. The minimum absolute atomic E-state index is 0.117. The van der Waals surface area contributed by atoms with Gasteiger partial charge in [-0.1, -0.05) is 38.7 Å². The Balaban J connectivity index is 2.41. The zero-order valence-electron chi connectivity index (χ0n) is 12.4. The van der Waals surface area contributed by atoms with Gasteiger partial charge in [0.1, 0.15) is 17.2 Å². The lowest BCUT2D eigenvalue weighted by Gasteiger charge is -2.15. The maximum atomic E-state index is 6.04. The number of anilines is 1. The smallest absolute Gasteiger partial charge is 0.146 e. The van der Waals surface area contributed by atoms with Gasteiger partial charge < -0.3 is 15.2 Å². The molecule has 0 aliphatic heterocycles. The number of hydrogen-bond donors (Lipinski definition) is 1. The zero-order valence-corrected chi connectivity index (χ0v) is 12.4. The van der Waals surface area contributed by atoms with Crippen LogP contribution in [0.4, 0.5) is 5.69 Å². The first-order valence-electron chi connectivity index (χ1n) is 7.33. The molecule has 19 heavy (non-hydrogen) atoms. The fourth-order valence-electron chi connectivity index (χ4n) is 1.89. The van der Waals surface area contributed by atoms with Crippen molar-refractivity contribution in [1.29, 1.82) is 0 Å². The molecule has 0 saturated carbocycles. The lowest BCUT2D eigenvalue weighted by atomic mass is 10.2. The van der Waals surface area contributed by atoms with Crippen LogP contribution in [0.1, 0.15) is 52.9 Å². The minimum atomic E-state index is 0.117.